The number of benzene rings is 1. The van der Waals surface area contributed by atoms with E-state index >= 15 is 0 Å². The lowest BCUT2D eigenvalue weighted by molar-refractivity contribution is -0.125. The Morgan fingerprint density at radius 2 is 1.87 bits per heavy atom. The van der Waals surface area contributed by atoms with Crippen LogP contribution in [-0.2, 0) is 9.53 Å². The number of fused-ring (bicyclic) bond motifs is 1. The molecule has 1 aromatic carbocycles. The summed E-state index contributed by atoms with van der Waals surface area (Å²) in [6.45, 7) is 13.0. The molecule has 1 amide bonds. The lowest BCUT2D eigenvalue weighted by Gasteiger charge is -2.38. The van der Waals surface area contributed by atoms with Crippen molar-refractivity contribution in [1.29, 1.82) is 0 Å². The number of aromatic nitrogens is 3. The molecule has 0 unspecified atom stereocenters. The highest BCUT2D eigenvalue weighted by atomic mass is 16.5. The fourth-order valence-corrected chi connectivity index (χ4v) is 6.39. The molecule has 5 heterocycles. The molecule has 2 atom stereocenters. The fraction of sp³-hybridized carbons (Fsp3) is 0.500. The van der Waals surface area contributed by atoms with E-state index in [1.54, 1.807) is 6.33 Å². The first-order chi connectivity index (χ1) is 19.1. The predicted molar refractivity (Wildman–Crippen MR) is 155 cm³/mol. The van der Waals surface area contributed by atoms with Crippen molar-refractivity contribution in [3.8, 4) is 11.3 Å². The van der Waals surface area contributed by atoms with Crippen LogP contribution >= 0.6 is 0 Å². The zero-order chi connectivity index (χ0) is 26.8. The van der Waals surface area contributed by atoms with Gasteiger partial charge in [-0.05, 0) is 75.0 Å². The third-order valence-corrected chi connectivity index (χ3v) is 8.75. The second-order valence-electron chi connectivity index (χ2n) is 11.1. The highest BCUT2D eigenvalue weighted by Gasteiger charge is 2.33. The number of piperidine rings is 1. The van der Waals surface area contributed by atoms with Crippen molar-refractivity contribution in [2.24, 2.45) is 5.92 Å². The monoisotopic (exact) mass is 529 g/mol. The molecule has 0 radical (unpaired) electrons. The molecule has 9 heteroatoms. The van der Waals surface area contributed by atoms with Crippen LogP contribution in [0.5, 0.6) is 0 Å². The van der Waals surface area contributed by atoms with Crippen molar-refractivity contribution in [3.05, 3.63) is 49.3 Å². The summed E-state index contributed by atoms with van der Waals surface area (Å²) in [5, 5.41) is 4.80. The van der Waals surface area contributed by atoms with Crippen molar-refractivity contribution in [2.45, 2.75) is 38.3 Å². The van der Waals surface area contributed by atoms with Gasteiger partial charge in [0.25, 0.3) is 0 Å². The number of hydrogen-bond donors (Lipinski definition) is 2. The number of likely N-dealkylation sites (tertiary alicyclic amines) is 2. The lowest BCUT2D eigenvalue weighted by Crippen LogP contribution is -2.45. The molecule has 3 aromatic rings. The lowest BCUT2D eigenvalue weighted by atomic mass is 9.89. The largest absolute Gasteiger partial charge is 0.382 e. The van der Waals surface area contributed by atoms with Gasteiger partial charge in [0.2, 0.25) is 5.91 Å². The maximum Gasteiger partial charge on any atom is 0.246 e. The Morgan fingerprint density at radius 1 is 1.10 bits per heavy atom. The van der Waals surface area contributed by atoms with Gasteiger partial charge in [-0.15, -0.1) is 0 Å². The molecule has 206 valence electrons. The number of nitrogens with one attached hydrogen (secondary N) is 2. The van der Waals surface area contributed by atoms with E-state index < -0.39 is 0 Å². The van der Waals surface area contributed by atoms with Gasteiger partial charge in [0.05, 0.1) is 18.6 Å². The number of carbonyl (C=O) groups is 1. The van der Waals surface area contributed by atoms with Crippen molar-refractivity contribution in [2.75, 3.05) is 62.7 Å². The Labute approximate surface area is 230 Å². The zero-order valence-electron chi connectivity index (χ0n) is 22.8. The van der Waals surface area contributed by atoms with E-state index in [0.29, 0.717) is 18.0 Å². The van der Waals surface area contributed by atoms with Crippen LogP contribution in [0.4, 0.5) is 11.5 Å². The van der Waals surface area contributed by atoms with Gasteiger partial charge in [-0.25, -0.2) is 9.97 Å². The van der Waals surface area contributed by atoms with Crippen LogP contribution in [0.3, 0.4) is 0 Å². The molecule has 9 nitrogen and oxygen atoms in total. The van der Waals surface area contributed by atoms with E-state index in [0.717, 1.165) is 92.7 Å². The third-order valence-electron chi connectivity index (χ3n) is 8.75. The first kappa shape index (κ1) is 25.8. The van der Waals surface area contributed by atoms with Gasteiger partial charge in [-0.1, -0.05) is 18.7 Å². The molecule has 0 bridgehead atoms. The van der Waals surface area contributed by atoms with Crippen molar-refractivity contribution < 1.29 is 9.53 Å². The Bertz CT molecular complexity index is 1290. The maximum atomic E-state index is 11.9. The molecule has 0 saturated carbocycles. The van der Waals surface area contributed by atoms with Gasteiger partial charge in [0.1, 0.15) is 17.8 Å². The topological polar surface area (TPSA) is 89.6 Å². The first-order valence-corrected chi connectivity index (χ1v) is 14.3. The second-order valence-corrected chi connectivity index (χ2v) is 11.1. The minimum Gasteiger partial charge on any atom is -0.382 e. The van der Waals surface area contributed by atoms with E-state index in [2.05, 4.69) is 73.9 Å². The number of anilines is 2. The van der Waals surface area contributed by atoms with Crippen molar-refractivity contribution >= 4 is 28.4 Å². The van der Waals surface area contributed by atoms with Crippen LogP contribution in [0.2, 0.25) is 0 Å². The number of hydrogen-bond acceptors (Lipinski definition) is 7. The molecule has 3 saturated heterocycles. The number of nitrogens with zero attached hydrogens (tertiary/aromatic N) is 5. The summed E-state index contributed by atoms with van der Waals surface area (Å²) in [6, 6.07) is 11.7. The summed E-state index contributed by atoms with van der Waals surface area (Å²) in [6.07, 6.45) is 6.51. The number of aromatic amines is 1. The average molecular weight is 530 g/mol. The van der Waals surface area contributed by atoms with Gasteiger partial charge in [0, 0.05) is 49.6 Å². The Kier molecular flexibility index (Phi) is 7.52. The van der Waals surface area contributed by atoms with Gasteiger partial charge < -0.3 is 24.8 Å². The van der Waals surface area contributed by atoms with Crippen LogP contribution < -0.4 is 10.2 Å². The van der Waals surface area contributed by atoms with E-state index in [1.807, 2.05) is 4.90 Å². The molecule has 39 heavy (non-hydrogen) atoms. The Hall–Kier alpha value is -3.43. The first-order valence-electron chi connectivity index (χ1n) is 14.3. The Morgan fingerprint density at radius 3 is 2.62 bits per heavy atom. The van der Waals surface area contributed by atoms with Gasteiger partial charge in [-0.3, -0.25) is 9.69 Å². The number of ether oxygens (including phenoxy) is 1. The molecule has 2 N–H and O–H groups in total. The quantitative estimate of drug-likeness (QED) is 0.451. The van der Waals surface area contributed by atoms with Crippen LogP contribution in [0.15, 0.2) is 49.3 Å². The molecule has 0 aliphatic carbocycles. The summed E-state index contributed by atoms with van der Waals surface area (Å²) >= 11 is 0. The van der Waals surface area contributed by atoms with Gasteiger partial charge in [-0.2, -0.15) is 0 Å². The van der Waals surface area contributed by atoms with E-state index in [9.17, 15) is 4.79 Å². The SMILES string of the molecule is C=CC(=O)N1CC[C@@H](N2CCC([C@@H](C)Nc3ccc(-c4cc5c(N6CCOCC6)ncnc5[nH]4)cc3)CC2)C1. The van der Waals surface area contributed by atoms with Crippen LogP contribution in [0.1, 0.15) is 26.2 Å². The summed E-state index contributed by atoms with van der Waals surface area (Å²) < 4.78 is 5.51. The van der Waals surface area contributed by atoms with Crippen LogP contribution in [0.25, 0.3) is 22.3 Å². The molecule has 3 aliphatic rings. The molecule has 3 aliphatic heterocycles. The molecular formula is C30H39N7O2. The standard InChI is InChI=1S/C30H39N7O2/c1-3-28(38)37-13-10-25(19-37)35-11-8-22(9-12-35)21(2)33-24-6-4-23(5-7-24)27-18-26-29(34-27)31-20-32-30(26)36-14-16-39-17-15-36/h3-7,18,20-22,25,33H,1,8-17,19H2,2H3,(H,31,32,34)/t21-,25-/m1/s1. The minimum atomic E-state index is 0.0622. The highest BCUT2D eigenvalue weighted by Crippen LogP contribution is 2.31. The minimum absolute atomic E-state index is 0.0622. The fourth-order valence-electron chi connectivity index (χ4n) is 6.39. The third kappa shape index (κ3) is 5.51. The molecular weight excluding hydrogens is 490 g/mol. The Balaban J connectivity index is 1.05. The van der Waals surface area contributed by atoms with E-state index in [4.69, 9.17) is 4.74 Å². The predicted octanol–water partition coefficient (Wildman–Crippen LogP) is 3.76. The summed E-state index contributed by atoms with van der Waals surface area (Å²) in [5.41, 5.74) is 4.19. The second kappa shape index (κ2) is 11.4. The zero-order valence-corrected chi connectivity index (χ0v) is 22.8. The summed E-state index contributed by atoms with van der Waals surface area (Å²) in [7, 11) is 0. The van der Waals surface area contributed by atoms with Crippen molar-refractivity contribution in [3.63, 3.8) is 0 Å². The highest BCUT2D eigenvalue weighted by molar-refractivity contribution is 5.92. The number of amides is 1. The van der Waals surface area contributed by atoms with Crippen molar-refractivity contribution in [1.82, 2.24) is 24.8 Å². The average Bonchev–Trinajstić information content (AvgIpc) is 3.66. The molecule has 3 fully saturated rings. The maximum absolute atomic E-state index is 11.9. The number of carbonyl (C=O) groups excluding carboxylic acids is 1. The van der Waals surface area contributed by atoms with E-state index in [-0.39, 0.29) is 5.91 Å². The normalized spacial score (nSPS) is 21.8. The van der Waals surface area contributed by atoms with Gasteiger partial charge >= 0.3 is 0 Å². The van der Waals surface area contributed by atoms with Gasteiger partial charge in [0.15, 0.2) is 0 Å². The van der Waals surface area contributed by atoms with Crippen LogP contribution in [0, 0.1) is 5.92 Å². The summed E-state index contributed by atoms with van der Waals surface area (Å²) in [4.78, 5) is 31.3. The molecule has 6 rings (SSSR count). The molecule has 2 aromatic heterocycles. The number of rotatable bonds is 7. The smallest absolute Gasteiger partial charge is 0.246 e. The summed E-state index contributed by atoms with van der Waals surface area (Å²) in [5.74, 6) is 1.67. The van der Waals surface area contributed by atoms with E-state index in [1.165, 1.54) is 18.9 Å². The molecule has 0 spiro atoms. The van der Waals surface area contributed by atoms with Crippen LogP contribution in [-0.4, -0.2) is 95.2 Å². The number of H-pyrrole nitrogens is 1. The number of morpholine rings is 1.